The van der Waals surface area contributed by atoms with Crippen molar-refractivity contribution in [2.24, 2.45) is 5.92 Å². The van der Waals surface area contributed by atoms with Crippen LogP contribution >= 0.6 is 0 Å². The Labute approximate surface area is 129 Å². The molecule has 116 valence electrons. The smallest absolute Gasteiger partial charge is 0.0685 e. The van der Waals surface area contributed by atoms with Crippen LogP contribution in [0.2, 0.25) is 0 Å². The van der Waals surface area contributed by atoms with Crippen LogP contribution in [-0.4, -0.2) is 25.3 Å². The van der Waals surface area contributed by atoms with Gasteiger partial charge in [-0.05, 0) is 69.9 Å². The van der Waals surface area contributed by atoms with Gasteiger partial charge in [-0.1, -0.05) is 30.3 Å². The van der Waals surface area contributed by atoms with Gasteiger partial charge in [0.05, 0.1) is 5.60 Å². The van der Waals surface area contributed by atoms with E-state index in [1.54, 1.807) is 0 Å². The topological polar surface area (TPSA) is 21.3 Å². The normalized spacial score (nSPS) is 25.5. The fourth-order valence-electron chi connectivity index (χ4n) is 4.12. The van der Waals surface area contributed by atoms with Gasteiger partial charge in [-0.15, -0.1) is 0 Å². The maximum atomic E-state index is 6.07. The van der Waals surface area contributed by atoms with Crippen LogP contribution in [0.25, 0.3) is 0 Å². The number of rotatable bonds is 6. The number of nitrogens with one attached hydrogen (secondary N) is 1. The summed E-state index contributed by atoms with van der Waals surface area (Å²) in [7, 11) is 2.14. The molecule has 1 heterocycles. The van der Waals surface area contributed by atoms with E-state index in [1.165, 1.54) is 56.9 Å². The largest absolute Gasteiger partial charge is 0.375 e. The lowest BCUT2D eigenvalue weighted by molar-refractivity contribution is -0.147. The zero-order valence-corrected chi connectivity index (χ0v) is 13.3. The van der Waals surface area contributed by atoms with Gasteiger partial charge in [-0.25, -0.2) is 0 Å². The van der Waals surface area contributed by atoms with Crippen LogP contribution in [0.1, 0.15) is 50.5 Å². The lowest BCUT2D eigenvalue weighted by Gasteiger charge is -2.48. The Kier molecular flexibility index (Phi) is 4.97. The lowest BCUT2D eigenvalue weighted by Crippen LogP contribution is -2.49. The molecule has 0 amide bonds. The Hall–Kier alpha value is -0.860. The molecule has 3 rings (SSSR count). The molecule has 2 unspecified atom stereocenters. The van der Waals surface area contributed by atoms with Crippen LogP contribution in [-0.2, 0) is 11.2 Å². The SMILES string of the molecule is CNC(CCCc1ccccc1)C1CCOC2(CCC2)C1. The van der Waals surface area contributed by atoms with Crippen LogP contribution in [0.4, 0.5) is 0 Å². The van der Waals surface area contributed by atoms with Crippen molar-refractivity contribution in [2.45, 2.75) is 63.0 Å². The molecule has 0 aromatic heterocycles. The first kappa shape index (κ1) is 15.1. The highest BCUT2D eigenvalue weighted by Crippen LogP contribution is 2.45. The summed E-state index contributed by atoms with van der Waals surface area (Å²) >= 11 is 0. The highest BCUT2D eigenvalue weighted by atomic mass is 16.5. The second-order valence-corrected chi connectivity index (χ2v) is 6.91. The minimum Gasteiger partial charge on any atom is -0.375 e. The van der Waals surface area contributed by atoms with Crippen molar-refractivity contribution >= 4 is 0 Å². The summed E-state index contributed by atoms with van der Waals surface area (Å²) in [5, 5.41) is 3.59. The van der Waals surface area contributed by atoms with E-state index in [-0.39, 0.29) is 5.60 Å². The highest BCUT2D eigenvalue weighted by molar-refractivity contribution is 5.14. The predicted molar refractivity (Wildman–Crippen MR) is 87.5 cm³/mol. The van der Waals surface area contributed by atoms with E-state index < -0.39 is 0 Å². The maximum absolute atomic E-state index is 6.07. The number of hydrogen-bond acceptors (Lipinski definition) is 2. The molecule has 1 saturated carbocycles. The molecule has 21 heavy (non-hydrogen) atoms. The Morgan fingerprint density at radius 3 is 2.76 bits per heavy atom. The average molecular weight is 287 g/mol. The standard InChI is InChI=1S/C19H29NO/c1-20-18(10-5-9-16-7-3-2-4-8-16)17-11-14-21-19(15-17)12-6-13-19/h2-4,7-8,17-18,20H,5-6,9-15H2,1H3. The lowest BCUT2D eigenvalue weighted by atomic mass is 9.70. The molecule has 2 heteroatoms. The third-order valence-corrected chi connectivity index (χ3v) is 5.56. The molecule has 1 aromatic rings. The van der Waals surface area contributed by atoms with E-state index in [2.05, 4.69) is 42.7 Å². The Balaban J connectivity index is 1.48. The Bertz CT molecular complexity index is 426. The van der Waals surface area contributed by atoms with Gasteiger partial charge in [0.2, 0.25) is 0 Å². The molecule has 0 bridgehead atoms. The first-order chi connectivity index (χ1) is 10.3. The summed E-state index contributed by atoms with van der Waals surface area (Å²) in [5.41, 5.74) is 1.74. The minimum absolute atomic E-state index is 0.275. The quantitative estimate of drug-likeness (QED) is 0.855. The number of benzene rings is 1. The second kappa shape index (κ2) is 6.93. The fraction of sp³-hybridized carbons (Fsp3) is 0.684. The second-order valence-electron chi connectivity index (χ2n) is 6.91. The van der Waals surface area contributed by atoms with Gasteiger partial charge in [0.1, 0.15) is 0 Å². The first-order valence-electron chi connectivity index (χ1n) is 8.66. The number of aryl methyl sites for hydroxylation is 1. The summed E-state index contributed by atoms with van der Waals surface area (Å²) in [5.74, 6) is 0.805. The zero-order chi connectivity index (χ0) is 14.5. The number of ether oxygens (including phenoxy) is 1. The van der Waals surface area contributed by atoms with Gasteiger partial charge in [0.15, 0.2) is 0 Å². The summed E-state index contributed by atoms with van der Waals surface area (Å²) in [6.07, 6.45) is 10.2. The molecule has 2 nitrogen and oxygen atoms in total. The van der Waals surface area contributed by atoms with Gasteiger partial charge in [-0.3, -0.25) is 0 Å². The maximum Gasteiger partial charge on any atom is 0.0685 e. The summed E-state index contributed by atoms with van der Waals surface area (Å²) in [6, 6.07) is 11.5. The molecule has 1 aliphatic heterocycles. The van der Waals surface area contributed by atoms with Gasteiger partial charge in [-0.2, -0.15) is 0 Å². The van der Waals surface area contributed by atoms with Crippen molar-refractivity contribution in [1.82, 2.24) is 5.32 Å². The monoisotopic (exact) mass is 287 g/mol. The third-order valence-electron chi connectivity index (χ3n) is 5.56. The van der Waals surface area contributed by atoms with Crippen molar-refractivity contribution in [1.29, 1.82) is 0 Å². The van der Waals surface area contributed by atoms with Crippen LogP contribution in [0.15, 0.2) is 30.3 Å². The summed E-state index contributed by atoms with van der Waals surface area (Å²) < 4.78 is 6.07. The first-order valence-corrected chi connectivity index (χ1v) is 8.66. The fourth-order valence-corrected chi connectivity index (χ4v) is 4.12. The summed E-state index contributed by atoms with van der Waals surface area (Å²) in [4.78, 5) is 0. The van der Waals surface area contributed by atoms with E-state index in [4.69, 9.17) is 4.74 Å². The van der Waals surface area contributed by atoms with E-state index in [9.17, 15) is 0 Å². The van der Waals surface area contributed by atoms with E-state index >= 15 is 0 Å². The molecular formula is C19H29NO. The molecular weight excluding hydrogens is 258 g/mol. The number of hydrogen-bond donors (Lipinski definition) is 1. The van der Waals surface area contributed by atoms with E-state index in [0.29, 0.717) is 6.04 Å². The van der Waals surface area contributed by atoms with Gasteiger partial charge in [0.25, 0.3) is 0 Å². The molecule has 0 radical (unpaired) electrons. The van der Waals surface area contributed by atoms with Crippen LogP contribution < -0.4 is 5.32 Å². The van der Waals surface area contributed by atoms with Gasteiger partial charge >= 0.3 is 0 Å². The van der Waals surface area contributed by atoms with E-state index in [0.717, 1.165) is 12.5 Å². The van der Waals surface area contributed by atoms with Crippen LogP contribution in [0, 0.1) is 5.92 Å². The van der Waals surface area contributed by atoms with Crippen molar-refractivity contribution < 1.29 is 4.74 Å². The molecule has 1 spiro atoms. The van der Waals surface area contributed by atoms with Crippen LogP contribution in [0.5, 0.6) is 0 Å². The third kappa shape index (κ3) is 3.67. The highest BCUT2D eigenvalue weighted by Gasteiger charge is 2.43. The van der Waals surface area contributed by atoms with Crippen molar-refractivity contribution in [3.8, 4) is 0 Å². The van der Waals surface area contributed by atoms with Gasteiger partial charge < -0.3 is 10.1 Å². The molecule has 1 aliphatic carbocycles. The van der Waals surface area contributed by atoms with Crippen molar-refractivity contribution in [2.75, 3.05) is 13.7 Å². The van der Waals surface area contributed by atoms with E-state index in [1.807, 2.05) is 0 Å². The van der Waals surface area contributed by atoms with Gasteiger partial charge in [0, 0.05) is 12.6 Å². The minimum atomic E-state index is 0.275. The van der Waals surface area contributed by atoms with Crippen molar-refractivity contribution in [3.63, 3.8) is 0 Å². The molecule has 1 N–H and O–H groups in total. The molecule has 1 aromatic carbocycles. The average Bonchev–Trinajstić information content (AvgIpc) is 2.51. The van der Waals surface area contributed by atoms with Crippen LogP contribution in [0.3, 0.4) is 0 Å². The Morgan fingerprint density at radius 1 is 1.29 bits per heavy atom. The molecule has 2 aliphatic rings. The predicted octanol–water partition coefficient (Wildman–Crippen LogP) is 3.95. The van der Waals surface area contributed by atoms with Crippen molar-refractivity contribution in [3.05, 3.63) is 35.9 Å². The Morgan fingerprint density at radius 2 is 2.10 bits per heavy atom. The molecule has 1 saturated heterocycles. The zero-order valence-electron chi connectivity index (χ0n) is 13.3. The molecule has 2 atom stereocenters. The summed E-state index contributed by atoms with van der Waals surface area (Å²) in [6.45, 7) is 0.974. The molecule has 2 fully saturated rings.